The molecule has 0 aromatic heterocycles. The van der Waals surface area contributed by atoms with E-state index < -0.39 is 5.92 Å². The third-order valence-electron chi connectivity index (χ3n) is 3.32. The van der Waals surface area contributed by atoms with E-state index in [9.17, 15) is 5.26 Å². The highest BCUT2D eigenvalue weighted by atomic mass is 35.5. The molecule has 0 saturated heterocycles. The van der Waals surface area contributed by atoms with Crippen molar-refractivity contribution < 1.29 is 0 Å². The highest BCUT2D eigenvalue weighted by Gasteiger charge is 2.26. The summed E-state index contributed by atoms with van der Waals surface area (Å²) in [7, 11) is 0. The van der Waals surface area contributed by atoms with Gasteiger partial charge in [0.15, 0.2) is 0 Å². The van der Waals surface area contributed by atoms with Crippen LogP contribution in [0.5, 0.6) is 0 Å². The van der Waals surface area contributed by atoms with Gasteiger partial charge in [0, 0.05) is 17.4 Å². The van der Waals surface area contributed by atoms with E-state index in [4.69, 9.17) is 16.9 Å². The Bertz CT molecular complexity index is 653. The number of halogens is 1. The van der Waals surface area contributed by atoms with Crippen molar-refractivity contribution in [3.8, 4) is 12.1 Å². The molecular weight excluding hydrogens is 268 g/mol. The van der Waals surface area contributed by atoms with Gasteiger partial charge in [0.1, 0.15) is 0 Å². The van der Waals surface area contributed by atoms with Gasteiger partial charge >= 0.3 is 0 Å². The molecule has 20 heavy (non-hydrogen) atoms. The van der Waals surface area contributed by atoms with E-state index in [2.05, 4.69) is 12.1 Å². The second kappa shape index (κ2) is 6.75. The molecule has 0 N–H and O–H groups in total. The molecule has 0 saturated carbocycles. The van der Waals surface area contributed by atoms with Crippen molar-refractivity contribution in [3.05, 3.63) is 70.7 Å². The molecule has 0 amide bonds. The largest absolute Gasteiger partial charge is 0.198 e. The van der Waals surface area contributed by atoms with Crippen LogP contribution in [0, 0.1) is 22.7 Å². The summed E-state index contributed by atoms with van der Waals surface area (Å²) in [5.74, 6) is -0.600. The van der Waals surface area contributed by atoms with Crippen molar-refractivity contribution in [2.75, 3.05) is 0 Å². The third-order valence-corrected chi connectivity index (χ3v) is 3.66. The summed E-state index contributed by atoms with van der Waals surface area (Å²) in [6.07, 6.45) is 0.285. The fourth-order valence-electron chi connectivity index (χ4n) is 2.33. The van der Waals surface area contributed by atoms with Gasteiger partial charge < -0.3 is 0 Å². The van der Waals surface area contributed by atoms with Crippen molar-refractivity contribution in [3.63, 3.8) is 0 Å². The summed E-state index contributed by atoms with van der Waals surface area (Å²) in [6.45, 7) is 0. The fourth-order valence-corrected chi connectivity index (χ4v) is 2.58. The summed E-state index contributed by atoms with van der Waals surface area (Å²) in [5.41, 5.74) is 1.77. The zero-order chi connectivity index (χ0) is 14.4. The number of hydrogen-bond donors (Lipinski definition) is 0. The standard InChI is InChI=1S/C17H13ClN2/c18-17-9-5-4-8-15(17)16(12-20)14(10-11-19)13-6-2-1-3-7-13/h1-9,14,16H,10H2. The Kier molecular flexibility index (Phi) is 4.77. The molecule has 2 atom stereocenters. The van der Waals surface area contributed by atoms with Crippen molar-refractivity contribution >= 4 is 11.6 Å². The predicted octanol–water partition coefficient (Wildman–Crippen LogP) is 4.64. The summed E-state index contributed by atoms with van der Waals surface area (Å²) in [5, 5.41) is 19.2. The molecular formula is C17H13ClN2. The average molecular weight is 281 g/mol. The van der Waals surface area contributed by atoms with Crippen LogP contribution >= 0.6 is 11.6 Å². The van der Waals surface area contributed by atoms with Crippen LogP contribution < -0.4 is 0 Å². The van der Waals surface area contributed by atoms with E-state index in [0.717, 1.165) is 11.1 Å². The van der Waals surface area contributed by atoms with Crippen LogP contribution in [0.3, 0.4) is 0 Å². The van der Waals surface area contributed by atoms with Crippen molar-refractivity contribution in [1.29, 1.82) is 10.5 Å². The van der Waals surface area contributed by atoms with Crippen LogP contribution in [0.4, 0.5) is 0 Å². The van der Waals surface area contributed by atoms with Gasteiger partial charge in [-0.2, -0.15) is 10.5 Å². The van der Waals surface area contributed by atoms with Crippen LogP contribution in [0.25, 0.3) is 0 Å². The highest BCUT2D eigenvalue weighted by Crippen LogP contribution is 2.37. The normalized spacial score (nSPS) is 12.9. The predicted molar refractivity (Wildman–Crippen MR) is 79.2 cm³/mol. The first kappa shape index (κ1) is 14.1. The van der Waals surface area contributed by atoms with Crippen LogP contribution in [-0.4, -0.2) is 0 Å². The molecule has 0 fully saturated rings. The monoisotopic (exact) mass is 280 g/mol. The number of nitrogens with zero attached hydrogens (tertiary/aromatic N) is 2. The first-order chi connectivity index (χ1) is 9.77. The maximum atomic E-state index is 9.54. The topological polar surface area (TPSA) is 47.6 Å². The minimum Gasteiger partial charge on any atom is -0.198 e. The molecule has 3 heteroatoms. The summed E-state index contributed by atoms with van der Waals surface area (Å²) in [6, 6.07) is 21.5. The lowest BCUT2D eigenvalue weighted by molar-refractivity contribution is 0.641. The average Bonchev–Trinajstić information content (AvgIpc) is 2.50. The zero-order valence-electron chi connectivity index (χ0n) is 10.8. The minimum atomic E-state index is -0.425. The van der Waals surface area contributed by atoms with Crippen LogP contribution in [0.1, 0.15) is 29.4 Å². The molecule has 0 heterocycles. The Balaban J connectivity index is 2.45. The highest BCUT2D eigenvalue weighted by molar-refractivity contribution is 6.31. The third kappa shape index (κ3) is 2.99. The minimum absolute atomic E-state index is 0.175. The molecule has 0 radical (unpaired) electrons. The van der Waals surface area contributed by atoms with Gasteiger partial charge in [-0.1, -0.05) is 60.1 Å². The van der Waals surface area contributed by atoms with E-state index in [1.54, 1.807) is 6.07 Å². The van der Waals surface area contributed by atoms with Crippen molar-refractivity contribution in [2.24, 2.45) is 0 Å². The molecule has 0 bridgehead atoms. The molecule has 98 valence electrons. The molecule has 0 aliphatic heterocycles. The lowest BCUT2D eigenvalue weighted by atomic mass is 9.80. The second-order valence-electron chi connectivity index (χ2n) is 4.51. The van der Waals surface area contributed by atoms with Gasteiger partial charge in [0.05, 0.1) is 18.1 Å². The van der Waals surface area contributed by atoms with E-state index >= 15 is 0 Å². The van der Waals surface area contributed by atoms with Gasteiger partial charge in [-0.25, -0.2) is 0 Å². The number of rotatable bonds is 4. The van der Waals surface area contributed by atoms with Gasteiger partial charge in [0.25, 0.3) is 0 Å². The van der Waals surface area contributed by atoms with Gasteiger partial charge in [-0.05, 0) is 17.2 Å². The quantitative estimate of drug-likeness (QED) is 0.819. The lowest BCUT2D eigenvalue weighted by Gasteiger charge is -2.21. The molecule has 2 nitrogen and oxygen atoms in total. The van der Waals surface area contributed by atoms with E-state index in [1.165, 1.54) is 0 Å². The van der Waals surface area contributed by atoms with Gasteiger partial charge in [-0.3, -0.25) is 0 Å². The SMILES string of the molecule is N#CCC(c1ccccc1)C(C#N)c1ccccc1Cl. The van der Waals surface area contributed by atoms with Gasteiger partial charge in [-0.15, -0.1) is 0 Å². The molecule has 0 spiro atoms. The van der Waals surface area contributed by atoms with E-state index in [1.807, 2.05) is 48.5 Å². The lowest BCUT2D eigenvalue weighted by Crippen LogP contribution is -2.10. The second-order valence-corrected chi connectivity index (χ2v) is 4.91. The number of nitriles is 2. The molecule has 0 aliphatic rings. The summed E-state index contributed by atoms with van der Waals surface area (Å²) < 4.78 is 0. The molecule has 2 unspecified atom stereocenters. The maximum Gasteiger partial charge on any atom is 0.0805 e. The van der Waals surface area contributed by atoms with Crippen LogP contribution in [0.15, 0.2) is 54.6 Å². The smallest absolute Gasteiger partial charge is 0.0805 e. The first-order valence-electron chi connectivity index (χ1n) is 6.34. The summed E-state index contributed by atoms with van der Waals surface area (Å²) >= 11 is 6.20. The zero-order valence-corrected chi connectivity index (χ0v) is 11.6. The Morgan fingerprint density at radius 2 is 1.60 bits per heavy atom. The Morgan fingerprint density at radius 1 is 0.950 bits per heavy atom. The van der Waals surface area contributed by atoms with Crippen LogP contribution in [0.2, 0.25) is 5.02 Å². The molecule has 2 aromatic rings. The Hall–Kier alpha value is -2.29. The summed E-state index contributed by atoms with van der Waals surface area (Å²) in [4.78, 5) is 0. The fraction of sp³-hybridized carbons (Fsp3) is 0.176. The van der Waals surface area contributed by atoms with Crippen LogP contribution in [-0.2, 0) is 0 Å². The maximum absolute atomic E-state index is 9.54. The number of benzene rings is 2. The van der Waals surface area contributed by atoms with E-state index in [0.29, 0.717) is 5.02 Å². The molecule has 2 aromatic carbocycles. The van der Waals surface area contributed by atoms with Gasteiger partial charge in [0.2, 0.25) is 0 Å². The first-order valence-corrected chi connectivity index (χ1v) is 6.71. The Morgan fingerprint density at radius 3 is 2.20 bits per heavy atom. The number of hydrogen-bond acceptors (Lipinski definition) is 2. The molecule has 2 rings (SSSR count). The van der Waals surface area contributed by atoms with Crippen molar-refractivity contribution in [2.45, 2.75) is 18.3 Å². The van der Waals surface area contributed by atoms with E-state index in [-0.39, 0.29) is 12.3 Å². The molecule has 0 aliphatic carbocycles. The Labute approximate surface area is 123 Å². The van der Waals surface area contributed by atoms with Crippen molar-refractivity contribution in [1.82, 2.24) is 0 Å².